The van der Waals surface area contributed by atoms with E-state index >= 15 is 0 Å². The van der Waals surface area contributed by atoms with Crippen molar-refractivity contribution in [2.45, 2.75) is 50.6 Å². The fourth-order valence-electron chi connectivity index (χ4n) is 3.71. The van der Waals surface area contributed by atoms with E-state index in [9.17, 15) is 13.6 Å². The van der Waals surface area contributed by atoms with E-state index in [1.165, 1.54) is 5.56 Å². The third-order valence-corrected chi connectivity index (χ3v) is 5.33. The van der Waals surface area contributed by atoms with E-state index in [2.05, 4.69) is 19.2 Å². The van der Waals surface area contributed by atoms with Crippen molar-refractivity contribution in [2.24, 2.45) is 17.1 Å². The highest BCUT2D eigenvalue weighted by atomic mass is 19.3. The molecule has 2 atom stereocenters. The minimum atomic E-state index is -2.39. The highest BCUT2D eigenvalue weighted by molar-refractivity contribution is 5.88. The predicted octanol–water partition coefficient (Wildman–Crippen LogP) is 2.67. The van der Waals surface area contributed by atoms with Gasteiger partial charge in [-0.05, 0) is 23.8 Å². The van der Waals surface area contributed by atoms with Crippen LogP contribution < -0.4 is 11.1 Å². The van der Waals surface area contributed by atoms with Gasteiger partial charge in [0.1, 0.15) is 0 Å². The molecule has 2 fully saturated rings. The van der Waals surface area contributed by atoms with Crippen LogP contribution >= 0.6 is 0 Å². The molecule has 3 nitrogen and oxygen atoms in total. The lowest BCUT2D eigenvalue weighted by Crippen LogP contribution is -2.63. The van der Waals surface area contributed by atoms with Crippen LogP contribution in [0.25, 0.3) is 0 Å². The monoisotopic (exact) mass is 308 g/mol. The number of hydrogen-bond acceptors (Lipinski definition) is 2. The van der Waals surface area contributed by atoms with Crippen LogP contribution in [0.15, 0.2) is 30.3 Å². The first-order chi connectivity index (χ1) is 10.3. The van der Waals surface area contributed by atoms with E-state index in [4.69, 9.17) is 5.73 Å². The average molecular weight is 308 g/mol. The Kier molecular flexibility index (Phi) is 3.51. The fourth-order valence-corrected chi connectivity index (χ4v) is 3.71. The summed E-state index contributed by atoms with van der Waals surface area (Å²) in [5, 5.41) is 2.99. The Bertz CT molecular complexity index is 567. The summed E-state index contributed by atoms with van der Waals surface area (Å²) in [4.78, 5) is 12.3. The van der Waals surface area contributed by atoms with Gasteiger partial charge in [0.25, 0.3) is 0 Å². The molecule has 22 heavy (non-hydrogen) atoms. The number of amides is 1. The zero-order valence-electron chi connectivity index (χ0n) is 12.9. The molecule has 0 saturated heterocycles. The second-order valence-electron chi connectivity index (χ2n) is 7.32. The van der Waals surface area contributed by atoms with Crippen molar-refractivity contribution >= 4 is 5.91 Å². The highest BCUT2D eigenvalue weighted by Gasteiger charge is 2.61. The second kappa shape index (κ2) is 5.01. The Morgan fingerprint density at radius 2 is 1.86 bits per heavy atom. The minimum Gasteiger partial charge on any atom is -0.351 e. The van der Waals surface area contributed by atoms with E-state index in [1.807, 2.05) is 30.3 Å². The molecule has 2 aliphatic carbocycles. The maximum Gasteiger partial charge on any atom is 0.241 e. The van der Waals surface area contributed by atoms with Gasteiger partial charge in [-0.2, -0.15) is 0 Å². The number of carbonyl (C=O) groups is 1. The van der Waals surface area contributed by atoms with Gasteiger partial charge >= 0.3 is 0 Å². The zero-order valence-corrected chi connectivity index (χ0v) is 12.9. The first kappa shape index (κ1) is 15.4. The lowest BCUT2D eigenvalue weighted by atomic mass is 9.68. The van der Waals surface area contributed by atoms with Crippen LogP contribution in [0.5, 0.6) is 0 Å². The number of alkyl halides is 2. The molecule has 0 aliphatic heterocycles. The normalized spacial score (nSPS) is 35.8. The molecule has 2 saturated carbocycles. The molecular weight excluding hydrogens is 286 g/mol. The molecule has 3 N–H and O–H groups in total. The molecular formula is C17H22F2N2O. The number of rotatable bonds is 4. The third kappa shape index (κ3) is 2.41. The lowest BCUT2D eigenvalue weighted by molar-refractivity contribution is -0.134. The Labute approximate surface area is 129 Å². The smallest absolute Gasteiger partial charge is 0.241 e. The summed E-state index contributed by atoms with van der Waals surface area (Å²) in [6.07, 6.45) is -2.25. The fraction of sp³-hybridized carbons (Fsp3) is 0.588. The van der Waals surface area contributed by atoms with Crippen LogP contribution in [0, 0.1) is 11.3 Å². The highest BCUT2D eigenvalue weighted by Crippen LogP contribution is 2.58. The van der Waals surface area contributed by atoms with Crippen LogP contribution in [0.4, 0.5) is 8.78 Å². The van der Waals surface area contributed by atoms with Crippen molar-refractivity contribution in [3.63, 3.8) is 0 Å². The number of nitrogens with two attached hydrogens (primary N) is 1. The van der Waals surface area contributed by atoms with Crippen molar-refractivity contribution in [1.82, 2.24) is 5.32 Å². The summed E-state index contributed by atoms with van der Waals surface area (Å²) >= 11 is 0. The van der Waals surface area contributed by atoms with E-state index in [0.717, 1.165) is 0 Å². The molecule has 3 rings (SSSR count). The zero-order chi connectivity index (χ0) is 16.1. The van der Waals surface area contributed by atoms with E-state index in [1.54, 1.807) is 0 Å². The van der Waals surface area contributed by atoms with Gasteiger partial charge in [0, 0.05) is 17.9 Å². The molecule has 1 aromatic carbocycles. The van der Waals surface area contributed by atoms with E-state index < -0.39 is 17.9 Å². The van der Waals surface area contributed by atoms with Gasteiger partial charge in [0.15, 0.2) is 0 Å². The largest absolute Gasteiger partial charge is 0.351 e. The summed E-state index contributed by atoms with van der Waals surface area (Å²) in [7, 11) is 0. The standard InChI is InChI=1S/C17H22F2N2O/c1-16(2)12(10-6-4-3-5-7-10)13(16)21-15(22)17(20)8-11(9-17)14(18)19/h3-7,11-14H,8-9,20H2,1-2H3,(H,21,22)/t11?,12-,13-,17?/m0/s1. The van der Waals surface area contributed by atoms with Gasteiger partial charge in [0.2, 0.25) is 12.3 Å². The van der Waals surface area contributed by atoms with Crippen LogP contribution in [0.2, 0.25) is 0 Å². The van der Waals surface area contributed by atoms with Crippen molar-refractivity contribution in [3.8, 4) is 0 Å². The Balaban J connectivity index is 1.64. The predicted molar refractivity (Wildman–Crippen MR) is 80.5 cm³/mol. The van der Waals surface area contributed by atoms with Gasteiger partial charge in [0.05, 0.1) is 5.54 Å². The number of nitrogens with one attached hydrogen (secondary N) is 1. The third-order valence-electron chi connectivity index (χ3n) is 5.33. The lowest BCUT2D eigenvalue weighted by Gasteiger charge is -2.43. The van der Waals surface area contributed by atoms with Crippen molar-refractivity contribution in [1.29, 1.82) is 0 Å². The van der Waals surface area contributed by atoms with Crippen molar-refractivity contribution in [3.05, 3.63) is 35.9 Å². The average Bonchev–Trinajstić information content (AvgIpc) is 2.96. The van der Waals surface area contributed by atoms with E-state index in [-0.39, 0.29) is 36.1 Å². The Hall–Kier alpha value is -1.49. The van der Waals surface area contributed by atoms with Crippen LogP contribution in [0.1, 0.15) is 38.2 Å². The molecule has 1 amide bonds. The maximum absolute atomic E-state index is 12.6. The molecule has 1 aromatic rings. The summed E-state index contributed by atoms with van der Waals surface area (Å²) in [6.45, 7) is 4.20. The van der Waals surface area contributed by atoms with Gasteiger partial charge in [-0.25, -0.2) is 8.78 Å². The number of hydrogen-bond donors (Lipinski definition) is 2. The Morgan fingerprint density at radius 1 is 1.27 bits per heavy atom. The van der Waals surface area contributed by atoms with Crippen molar-refractivity contribution in [2.75, 3.05) is 0 Å². The van der Waals surface area contributed by atoms with Crippen molar-refractivity contribution < 1.29 is 13.6 Å². The van der Waals surface area contributed by atoms with Gasteiger partial charge in [-0.1, -0.05) is 44.2 Å². The molecule has 0 unspecified atom stereocenters. The first-order valence-corrected chi connectivity index (χ1v) is 7.68. The van der Waals surface area contributed by atoms with Gasteiger partial charge < -0.3 is 11.1 Å². The molecule has 5 heteroatoms. The number of carbonyl (C=O) groups excluding carboxylic acids is 1. The number of benzene rings is 1. The van der Waals surface area contributed by atoms with Crippen LogP contribution in [-0.2, 0) is 4.79 Å². The topological polar surface area (TPSA) is 55.1 Å². The SMILES string of the molecule is CC1(C)[C@@H](NC(=O)C2(N)CC(C(F)F)C2)[C@@H]1c1ccccc1. The van der Waals surface area contributed by atoms with Crippen LogP contribution in [-0.4, -0.2) is 23.9 Å². The number of halogens is 2. The quantitative estimate of drug-likeness (QED) is 0.898. The molecule has 120 valence electrons. The van der Waals surface area contributed by atoms with Gasteiger partial charge in [-0.15, -0.1) is 0 Å². The minimum absolute atomic E-state index is 0.00780. The molecule has 0 aromatic heterocycles. The molecule has 0 spiro atoms. The van der Waals surface area contributed by atoms with E-state index in [0.29, 0.717) is 0 Å². The molecule has 0 radical (unpaired) electrons. The maximum atomic E-state index is 12.6. The van der Waals surface area contributed by atoms with Gasteiger partial charge in [-0.3, -0.25) is 4.79 Å². The summed E-state index contributed by atoms with van der Waals surface area (Å²) in [5.41, 5.74) is 5.99. The molecule has 2 aliphatic rings. The molecule has 0 bridgehead atoms. The second-order valence-corrected chi connectivity index (χ2v) is 7.32. The summed E-state index contributed by atoms with van der Waals surface area (Å²) < 4.78 is 25.2. The molecule has 0 heterocycles. The summed E-state index contributed by atoms with van der Waals surface area (Å²) in [6, 6.07) is 10.0. The Morgan fingerprint density at radius 3 is 2.41 bits per heavy atom. The first-order valence-electron chi connectivity index (χ1n) is 7.68. The van der Waals surface area contributed by atoms with Crippen LogP contribution in [0.3, 0.4) is 0 Å². The summed E-state index contributed by atoms with van der Waals surface area (Å²) in [5.74, 6) is -0.791.